The summed E-state index contributed by atoms with van der Waals surface area (Å²) >= 11 is 0. The van der Waals surface area contributed by atoms with Crippen LogP contribution in [0.15, 0.2) is 48.5 Å². The van der Waals surface area contributed by atoms with E-state index in [0.29, 0.717) is 18.7 Å². The predicted molar refractivity (Wildman–Crippen MR) is 143 cm³/mol. The van der Waals surface area contributed by atoms with Crippen molar-refractivity contribution >= 4 is 17.7 Å². The molecule has 2 N–H and O–H groups in total. The van der Waals surface area contributed by atoms with Gasteiger partial charge in [-0.2, -0.15) is 0 Å². The highest BCUT2D eigenvalue weighted by molar-refractivity contribution is 5.95. The molecule has 2 heterocycles. The molecule has 36 heavy (non-hydrogen) atoms. The number of carbonyl (C=O) groups excluding carboxylic acids is 2. The third kappa shape index (κ3) is 5.67. The number of carbonyl (C=O) groups is 2. The van der Waals surface area contributed by atoms with Crippen LogP contribution in [0.1, 0.15) is 74.6 Å². The van der Waals surface area contributed by atoms with Gasteiger partial charge in [-0.15, -0.1) is 0 Å². The molecular formula is C29H40N4O3. The number of nitrogens with zero attached hydrogens (tertiary/aromatic N) is 2. The van der Waals surface area contributed by atoms with Gasteiger partial charge in [0, 0.05) is 36.8 Å². The van der Waals surface area contributed by atoms with Crippen LogP contribution in [-0.4, -0.2) is 60.1 Å². The zero-order chi connectivity index (χ0) is 25.9. The van der Waals surface area contributed by atoms with Crippen LogP contribution in [0.4, 0.5) is 10.5 Å². The molecule has 2 aliphatic heterocycles. The number of nitrogens with one attached hydrogen (secondary N) is 2. The Morgan fingerprint density at radius 2 is 1.83 bits per heavy atom. The number of anilines is 1. The molecular weight excluding hydrogens is 452 g/mol. The largest absolute Gasteiger partial charge is 0.444 e. The maximum Gasteiger partial charge on any atom is 0.410 e. The van der Waals surface area contributed by atoms with E-state index in [1.54, 1.807) is 0 Å². The minimum Gasteiger partial charge on any atom is -0.444 e. The van der Waals surface area contributed by atoms with Crippen molar-refractivity contribution in [3.63, 3.8) is 0 Å². The molecule has 3 atom stereocenters. The number of amides is 2. The van der Waals surface area contributed by atoms with E-state index in [1.165, 1.54) is 5.56 Å². The lowest BCUT2D eigenvalue weighted by Gasteiger charge is -2.40. The minimum absolute atomic E-state index is 0.0740. The maximum absolute atomic E-state index is 13.2. The normalized spacial score (nSPS) is 20.9. The number of fused-ring (bicyclic) bond motifs is 3. The van der Waals surface area contributed by atoms with Crippen LogP contribution in [0.2, 0.25) is 0 Å². The lowest BCUT2D eigenvalue weighted by molar-refractivity contribution is 0.0198. The van der Waals surface area contributed by atoms with Crippen molar-refractivity contribution in [2.75, 3.05) is 38.0 Å². The van der Waals surface area contributed by atoms with Gasteiger partial charge in [0.1, 0.15) is 5.60 Å². The second kappa shape index (κ2) is 10.9. The Morgan fingerprint density at radius 3 is 2.50 bits per heavy atom. The lowest BCUT2D eigenvalue weighted by atomic mass is 9.79. The fraction of sp³-hybridized carbons (Fsp3) is 0.517. The number of benzene rings is 2. The van der Waals surface area contributed by atoms with Gasteiger partial charge in [-0.05, 0) is 69.6 Å². The van der Waals surface area contributed by atoms with Crippen molar-refractivity contribution < 1.29 is 14.3 Å². The first kappa shape index (κ1) is 26.0. The van der Waals surface area contributed by atoms with E-state index in [4.69, 9.17) is 4.74 Å². The maximum atomic E-state index is 13.2. The first-order chi connectivity index (χ1) is 17.2. The Morgan fingerprint density at radius 1 is 1.11 bits per heavy atom. The van der Waals surface area contributed by atoms with Crippen LogP contribution in [0.3, 0.4) is 0 Å². The summed E-state index contributed by atoms with van der Waals surface area (Å²) in [5.41, 5.74) is 3.17. The van der Waals surface area contributed by atoms with Crippen LogP contribution in [0, 0.1) is 5.92 Å². The van der Waals surface area contributed by atoms with E-state index in [-0.39, 0.29) is 30.0 Å². The van der Waals surface area contributed by atoms with Gasteiger partial charge in [0.05, 0.1) is 12.1 Å². The topological polar surface area (TPSA) is 73.9 Å². The van der Waals surface area contributed by atoms with Crippen molar-refractivity contribution in [3.8, 4) is 0 Å². The van der Waals surface area contributed by atoms with E-state index in [9.17, 15) is 9.59 Å². The van der Waals surface area contributed by atoms with Crippen LogP contribution < -0.4 is 10.6 Å². The molecule has 2 aliphatic rings. The van der Waals surface area contributed by atoms with Gasteiger partial charge in [-0.25, -0.2) is 4.79 Å². The van der Waals surface area contributed by atoms with E-state index in [1.807, 2.05) is 62.1 Å². The first-order valence-electron chi connectivity index (χ1n) is 13.2. The van der Waals surface area contributed by atoms with E-state index >= 15 is 0 Å². The molecule has 1 saturated heterocycles. The van der Waals surface area contributed by atoms with Crippen LogP contribution in [-0.2, 0) is 4.74 Å². The Balaban J connectivity index is 1.63. The third-order valence-corrected chi connectivity index (χ3v) is 7.21. The lowest BCUT2D eigenvalue weighted by Crippen LogP contribution is -2.40. The molecule has 0 saturated carbocycles. The predicted octanol–water partition coefficient (Wildman–Crippen LogP) is 5.22. The Labute approximate surface area is 215 Å². The van der Waals surface area contributed by atoms with Gasteiger partial charge >= 0.3 is 6.09 Å². The SMILES string of the molecule is CCN(CC)CCNC(=O)c1ccc2c(c1)C1[C@@H](CCN1C(=O)OC(C)(C)C)C(c1ccccc1)N2. The van der Waals surface area contributed by atoms with Crippen LogP contribution in [0.5, 0.6) is 0 Å². The number of hydrogen-bond acceptors (Lipinski definition) is 5. The Bertz CT molecular complexity index is 1060. The molecule has 0 aromatic heterocycles. The van der Waals surface area contributed by atoms with Gasteiger partial charge in [-0.3, -0.25) is 4.79 Å². The third-order valence-electron chi connectivity index (χ3n) is 7.21. The van der Waals surface area contributed by atoms with Gasteiger partial charge in [0.15, 0.2) is 0 Å². The summed E-state index contributed by atoms with van der Waals surface area (Å²) in [4.78, 5) is 30.4. The molecule has 2 aromatic carbocycles. The number of ether oxygens (including phenoxy) is 1. The minimum atomic E-state index is -0.573. The van der Waals surface area contributed by atoms with Crippen molar-refractivity contribution in [1.82, 2.24) is 15.1 Å². The molecule has 0 radical (unpaired) electrons. The van der Waals surface area contributed by atoms with Gasteiger partial charge in [-0.1, -0.05) is 44.2 Å². The second-order valence-corrected chi connectivity index (χ2v) is 10.7. The molecule has 0 bridgehead atoms. The molecule has 7 heteroatoms. The summed E-state index contributed by atoms with van der Waals surface area (Å²) in [5.74, 6) is 0.0851. The molecule has 194 valence electrons. The summed E-state index contributed by atoms with van der Waals surface area (Å²) in [6.45, 7) is 13.9. The Hall–Kier alpha value is -3.06. The van der Waals surface area contributed by atoms with Crippen molar-refractivity contribution in [2.45, 2.75) is 58.7 Å². The second-order valence-electron chi connectivity index (χ2n) is 10.7. The van der Waals surface area contributed by atoms with E-state index in [2.05, 4.69) is 41.5 Å². The average molecular weight is 493 g/mol. The quantitative estimate of drug-likeness (QED) is 0.554. The zero-order valence-corrected chi connectivity index (χ0v) is 22.2. The summed E-state index contributed by atoms with van der Waals surface area (Å²) in [6.07, 6.45) is 0.555. The van der Waals surface area contributed by atoms with Crippen molar-refractivity contribution in [3.05, 3.63) is 65.2 Å². The molecule has 4 rings (SSSR count). The van der Waals surface area contributed by atoms with Crippen molar-refractivity contribution in [1.29, 1.82) is 0 Å². The molecule has 2 unspecified atom stereocenters. The molecule has 7 nitrogen and oxygen atoms in total. The van der Waals surface area contributed by atoms with Gasteiger partial charge in [0.2, 0.25) is 0 Å². The fourth-order valence-corrected chi connectivity index (χ4v) is 5.40. The summed E-state index contributed by atoms with van der Waals surface area (Å²) < 4.78 is 5.78. The first-order valence-corrected chi connectivity index (χ1v) is 13.2. The smallest absolute Gasteiger partial charge is 0.410 e. The average Bonchev–Trinajstić information content (AvgIpc) is 3.31. The molecule has 1 fully saturated rings. The molecule has 2 aromatic rings. The van der Waals surface area contributed by atoms with Gasteiger partial charge < -0.3 is 25.2 Å². The van der Waals surface area contributed by atoms with E-state index in [0.717, 1.165) is 37.3 Å². The number of likely N-dealkylation sites (tertiary alicyclic amines) is 1. The highest BCUT2D eigenvalue weighted by atomic mass is 16.6. The number of hydrogen-bond donors (Lipinski definition) is 2. The highest BCUT2D eigenvalue weighted by Crippen LogP contribution is 2.51. The standard InChI is InChI=1S/C29H40N4O3/c1-6-32(7-2)18-16-30-27(34)21-13-14-24-23(19-21)26-22(25(31-24)20-11-9-8-10-12-20)15-17-33(26)28(35)36-29(3,4)5/h8-14,19,22,25-26,31H,6-7,15-18H2,1-5H3,(H,30,34)/t22-,25?,26?/m0/s1. The highest BCUT2D eigenvalue weighted by Gasteiger charge is 2.47. The Kier molecular flexibility index (Phi) is 7.88. The summed E-state index contributed by atoms with van der Waals surface area (Å²) in [5, 5.41) is 6.77. The summed E-state index contributed by atoms with van der Waals surface area (Å²) in [6, 6.07) is 16.1. The van der Waals surface area contributed by atoms with Crippen molar-refractivity contribution in [2.24, 2.45) is 5.92 Å². The summed E-state index contributed by atoms with van der Waals surface area (Å²) in [7, 11) is 0. The monoisotopic (exact) mass is 492 g/mol. The number of likely N-dealkylation sites (N-methyl/N-ethyl adjacent to an activating group) is 1. The van der Waals surface area contributed by atoms with E-state index < -0.39 is 5.60 Å². The zero-order valence-electron chi connectivity index (χ0n) is 22.2. The van der Waals surface area contributed by atoms with Crippen LogP contribution >= 0.6 is 0 Å². The van der Waals surface area contributed by atoms with Gasteiger partial charge in [0.25, 0.3) is 5.91 Å². The molecule has 2 amide bonds. The van der Waals surface area contributed by atoms with Crippen LogP contribution in [0.25, 0.3) is 0 Å². The molecule has 0 spiro atoms. The fourth-order valence-electron chi connectivity index (χ4n) is 5.40. The number of rotatable bonds is 7. The molecule has 0 aliphatic carbocycles.